The molecule has 2 bridgehead atoms. The van der Waals surface area contributed by atoms with Crippen LogP contribution in [-0.2, 0) is 10.2 Å². The fourth-order valence-corrected chi connectivity index (χ4v) is 5.95. The number of halogens is 1. The quantitative estimate of drug-likeness (QED) is 0.795. The number of carbonyl (C=O) groups is 1. The molecule has 29 heavy (non-hydrogen) atoms. The number of alkyl carbamates (subject to hydrolysis) is 1. The van der Waals surface area contributed by atoms with Crippen molar-refractivity contribution in [2.24, 2.45) is 0 Å². The third-order valence-corrected chi connectivity index (χ3v) is 7.22. The van der Waals surface area contributed by atoms with Gasteiger partial charge in [-0.2, -0.15) is 0 Å². The lowest BCUT2D eigenvalue weighted by Crippen LogP contribution is -2.48. The molecule has 0 radical (unpaired) electrons. The molecule has 2 aromatic carbocycles. The summed E-state index contributed by atoms with van der Waals surface area (Å²) in [6.07, 6.45) is 2.77. The number of hydrogen-bond acceptors (Lipinski definition) is 3. The fourth-order valence-electron chi connectivity index (χ4n) is 5.78. The molecule has 0 aromatic heterocycles. The Morgan fingerprint density at radius 3 is 2.72 bits per heavy atom. The summed E-state index contributed by atoms with van der Waals surface area (Å²) in [6.45, 7) is 5.23. The van der Waals surface area contributed by atoms with E-state index in [-0.39, 0.29) is 17.6 Å². The van der Waals surface area contributed by atoms with Crippen molar-refractivity contribution in [3.8, 4) is 0 Å². The van der Waals surface area contributed by atoms with E-state index in [2.05, 4.69) is 46.6 Å². The van der Waals surface area contributed by atoms with Gasteiger partial charge in [-0.1, -0.05) is 41.9 Å². The highest BCUT2D eigenvalue weighted by molar-refractivity contribution is 6.30. The normalized spacial score (nSPS) is 25.5. The first-order valence-electron chi connectivity index (χ1n) is 10.7. The van der Waals surface area contributed by atoms with Crippen molar-refractivity contribution in [2.75, 3.05) is 26.2 Å². The monoisotopic (exact) mass is 410 g/mol. The van der Waals surface area contributed by atoms with Gasteiger partial charge in [-0.25, -0.2) is 4.79 Å². The minimum Gasteiger partial charge on any atom is -0.450 e. The highest BCUT2D eigenvalue weighted by atomic mass is 35.5. The largest absolute Gasteiger partial charge is 0.450 e. The van der Waals surface area contributed by atoms with Crippen LogP contribution < -0.4 is 5.32 Å². The summed E-state index contributed by atoms with van der Waals surface area (Å²) in [7, 11) is 0. The van der Waals surface area contributed by atoms with Crippen LogP contribution in [0.1, 0.15) is 54.4 Å². The number of hydrogen-bond donors (Lipinski definition) is 1. The lowest BCUT2D eigenvalue weighted by Gasteiger charge is -2.40. The van der Waals surface area contributed by atoms with Gasteiger partial charge in [-0.05, 0) is 60.6 Å². The third kappa shape index (κ3) is 3.13. The zero-order valence-corrected chi connectivity index (χ0v) is 17.5. The van der Waals surface area contributed by atoms with Gasteiger partial charge in [0.05, 0.1) is 6.61 Å². The van der Waals surface area contributed by atoms with E-state index in [4.69, 9.17) is 16.3 Å². The molecule has 0 spiro atoms. The number of rotatable bonds is 4. The molecule has 1 fully saturated rings. The first-order chi connectivity index (χ1) is 14.1. The number of fused-ring (bicyclic) bond motifs is 8. The van der Waals surface area contributed by atoms with Crippen molar-refractivity contribution in [3.63, 3.8) is 0 Å². The third-order valence-electron chi connectivity index (χ3n) is 6.99. The van der Waals surface area contributed by atoms with Crippen molar-refractivity contribution in [2.45, 2.75) is 43.6 Å². The zero-order valence-electron chi connectivity index (χ0n) is 16.8. The predicted octanol–water partition coefficient (Wildman–Crippen LogP) is 4.69. The Labute approximate surface area is 177 Å². The summed E-state index contributed by atoms with van der Waals surface area (Å²) in [4.78, 5) is 14.3. The second-order valence-corrected chi connectivity index (χ2v) is 9.01. The Hall–Kier alpha value is -2.04. The second kappa shape index (κ2) is 7.33. The van der Waals surface area contributed by atoms with Crippen LogP contribution in [0.5, 0.6) is 0 Å². The van der Waals surface area contributed by atoms with Crippen LogP contribution >= 0.6 is 11.6 Å². The van der Waals surface area contributed by atoms with Gasteiger partial charge in [0.25, 0.3) is 0 Å². The van der Waals surface area contributed by atoms with Crippen molar-refractivity contribution in [1.29, 1.82) is 0 Å². The molecule has 1 amide bonds. The molecular weight excluding hydrogens is 384 g/mol. The summed E-state index contributed by atoms with van der Waals surface area (Å²) in [5.74, 6) is 0.487. The van der Waals surface area contributed by atoms with Gasteiger partial charge < -0.3 is 15.0 Å². The Morgan fingerprint density at radius 1 is 1.17 bits per heavy atom. The van der Waals surface area contributed by atoms with Gasteiger partial charge >= 0.3 is 6.09 Å². The molecule has 2 aromatic rings. The van der Waals surface area contributed by atoms with Crippen LogP contribution in [0.15, 0.2) is 42.5 Å². The summed E-state index contributed by atoms with van der Waals surface area (Å²) in [6, 6.07) is 15.6. The van der Waals surface area contributed by atoms with Gasteiger partial charge in [-0.15, -0.1) is 0 Å². The minimum atomic E-state index is -0.295. The minimum absolute atomic E-state index is 0.0307. The number of benzene rings is 2. The van der Waals surface area contributed by atoms with E-state index >= 15 is 0 Å². The highest BCUT2D eigenvalue weighted by Gasteiger charge is 2.53. The summed E-state index contributed by atoms with van der Waals surface area (Å²) in [5, 5.41) is 3.82. The molecule has 1 N–H and O–H groups in total. The maximum atomic E-state index is 11.7. The average Bonchev–Trinajstić information content (AvgIpc) is 3.21. The molecule has 3 aliphatic rings. The predicted molar refractivity (Wildman–Crippen MR) is 115 cm³/mol. The lowest BCUT2D eigenvalue weighted by molar-refractivity contribution is 0.132. The maximum Gasteiger partial charge on any atom is 0.407 e. The van der Waals surface area contributed by atoms with Crippen molar-refractivity contribution in [3.05, 3.63) is 69.7 Å². The molecule has 2 atom stereocenters. The smallest absolute Gasteiger partial charge is 0.407 e. The van der Waals surface area contributed by atoms with Gasteiger partial charge in [-0.3, -0.25) is 0 Å². The topological polar surface area (TPSA) is 41.6 Å². The average molecular weight is 411 g/mol. The molecule has 1 saturated heterocycles. The van der Waals surface area contributed by atoms with Crippen molar-refractivity contribution < 1.29 is 9.53 Å². The summed E-state index contributed by atoms with van der Waals surface area (Å²) in [5.41, 5.74) is 5.86. The number of amides is 1. The van der Waals surface area contributed by atoms with Crippen LogP contribution in [0.3, 0.4) is 0 Å². The van der Waals surface area contributed by atoms with E-state index < -0.39 is 0 Å². The van der Waals surface area contributed by atoms with E-state index in [1.54, 1.807) is 0 Å². The van der Waals surface area contributed by atoms with Crippen LogP contribution in [0.4, 0.5) is 4.79 Å². The number of ether oxygens (including phenoxy) is 1. The molecule has 2 aliphatic carbocycles. The SMILES string of the molecule is CCOC(=O)NC1CCN(CC23CC(c4ccccc42)c2ccc(Cl)cc23)CC1. The van der Waals surface area contributed by atoms with E-state index in [9.17, 15) is 4.79 Å². The Bertz CT molecular complexity index is 938. The molecule has 0 saturated carbocycles. The number of piperidine rings is 1. The Kier molecular flexibility index (Phi) is 4.79. The summed E-state index contributed by atoms with van der Waals surface area (Å²) < 4.78 is 5.03. The van der Waals surface area contributed by atoms with E-state index in [1.807, 2.05) is 13.0 Å². The maximum absolute atomic E-state index is 11.7. The van der Waals surface area contributed by atoms with Crippen LogP contribution in [-0.4, -0.2) is 43.3 Å². The molecule has 1 heterocycles. The number of carbonyl (C=O) groups excluding carboxylic acids is 1. The first-order valence-corrected chi connectivity index (χ1v) is 11.0. The Morgan fingerprint density at radius 2 is 1.93 bits per heavy atom. The van der Waals surface area contributed by atoms with Crippen molar-refractivity contribution in [1.82, 2.24) is 10.2 Å². The summed E-state index contributed by atoms with van der Waals surface area (Å²) >= 11 is 6.42. The standard InChI is InChI=1S/C24H27ClN2O2/c1-2-29-23(28)26-17-9-11-27(12-10-17)15-24-14-20(18-5-3-4-6-21(18)24)19-8-7-16(25)13-22(19)24/h3-8,13,17,20H,2,9-12,14-15H2,1H3,(H,26,28). The van der Waals surface area contributed by atoms with Gasteiger partial charge in [0.1, 0.15) is 0 Å². The number of nitrogens with one attached hydrogen (secondary N) is 1. The molecular formula is C24H27ClN2O2. The first kappa shape index (κ1) is 19.0. The van der Waals surface area contributed by atoms with Gasteiger partial charge in [0.15, 0.2) is 0 Å². The van der Waals surface area contributed by atoms with Gasteiger partial charge in [0, 0.05) is 42.0 Å². The van der Waals surface area contributed by atoms with E-state index in [0.29, 0.717) is 12.5 Å². The van der Waals surface area contributed by atoms with Gasteiger partial charge in [0.2, 0.25) is 0 Å². The van der Waals surface area contributed by atoms with E-state index in [0.717, 1.165) is 43.9 Å². The number of nitrogens with zero attached hydrogens (tertiary/aromatic N) is 1. The molecule has 2 unspecified atom stereocenters. The van der Waals surface area contributed by atoms with Crippen LogP contribution in [0.2, 0.25) is 5.02 Å². The second-order valence-electron chi connectivity index (χ2n) is 8.57. The zero-order chi connectivity index (χ0) is 20.0. The van der Waals surface area contributed by atoms with Crippen molar-refractivity contribution >= 4 is 17.7 Å². The van der Waals surface area contributed by atoms with Crippen LogP contribution in [0, 0.1) is 0 Å². The molecule has 152 valence electrons. The van der Waals surface area contributed by atoms with Crippen LogP contribution in [0.25, 0.3) is 0 Å². The molecule has 4 nitrogen and oxygen atoms in total. The van der Waals surface area contributed by atoms with E-state index in [1.165, 1.54) is 22.3 Å². The molecule has 5 rings (SSSR count). The molecule has 5 heteroatoms. The Balaban J connectivity index is 1.37. The number of likely N-dealkylation sites (tertiary alicyclic amines) is 1. The fraction of sp³-hybridized carbons (Fsp3) is 0.458. The highest BCUT2D eigenvalue weighted by Crippen LogP contribution is 2.60. The lowest BCUT2D eigenvalue weighted by atomic mass is 9.74. The molecule has 1 aliphatic heterocycles.